The number of aromatic nitrogens is 2. The van der Waals surface area contributed by atoms with Crippen LogP contribution in [0, 0.1) is 20.8 Å². The number of imidazole rings is 1. The number of aryl methyl sites for hydroxylation is 3. The van der Waals surface area contributed by atoms with Crippen LogP contribution in [-0.4, -0.2) is 9.97 Å². The van der Waals surface area contributed by atoms with E-state index in [2.05, 4.69) is 9.97 Å². The highest BCUT2D eigenvalue weighted by atomic mass is 16.3. The molecule has 2 heterocycles. The molecule has 0 radical (unpaired) electrons. The Balaban J connectivity index is 2.88. The normalized spacial score (nSPS) is 11.2. The second-order valence-corrected chi connectivity index (χ2v) is 2.79. The minimum Gasteiger partial charge on any atom is -0.442 e. The van der Waals surface area contributed by atoms with E-state index in [4.69, 9.17) is 4.42 Å². The third kappa shape index (κ3) is 0.770. The minimum atomic E-state index is 0.720. The molecular formula is C8H10N2O. The van der Waals surface area contributed by atoms with Gasteiger partial charge in [0, 0.05) is 5.56 Å². The lowest BCUT2D eigenvalue weighted by Crippen LogP contribution is -1.75. The molecule has 3 heteroatoms. The summed E-state index contributed by atoms with van der Waals surface area (Å²) in [5.74, 6) is 1.85. The third-order valence-corrected chi connectivity index (χ3v) is 1.94. The molecule has 1 N–H and O–H groups in total. The van der Waals surface area contributed by atoms with Gasteiger partial charge in [0.2, 0.25) is 5.71 Å². The van der Waals surface area contributed by atoms with Crippen LogP contribution in [0.3, 0.4) is 0 Å². The summed E-state index contributed by atoms with van der Waals surface area (Å²) < 4.78 is 5.38. The number of furan rings is 1. The fraction of sp³-hybridized carbons (Fsp3) is 0.375. The average Bonchev–Trinajstić information content (AvgIpc) is 2.37. The van der Waals surface area contributed by atoms with E-state index in [9.17, 15) is 0 Å². The number of aromatic amines is 1. The van der Waals surface area contributed by atoms with Gasteiger partial charge < -0.3 is 9.40 Å². The van der Waals surface area contributed by atoms with Crippen LogP contribution in [0.5, 0.6) is 0 Å². The van der Waals surface area contributed by atoms with E-state index in [0.717, 1.165) is 28.4 Å². The Morgan fingerprint density at radius 1 is 1.27 bits per heavy atom. The van der Waals surface area contributed by atoms with Crippen molar-refractivity contribution in [2.45, 2.75) is 20.8 Å². The van der Waals surface area contributed by atoms with Crippen molar-refractivity contribution in [3.8, 4) is 0 Å². The van der Waals surface area contributed by atoms with Gasteiger partial charge in [-0.25, -0.2) is 0 Å². The van der Waals surface area contributed by atoms with Crippen molar-refractivity contribution in [3.05, 3.63) is 17.1 Å². The molecule has 0 saturated carbocycles. The molecule has 0 fully saturated rings. The van der Waals surface area contributed by atoms with Gasteiger partial charge in [-0.1, -0.05) is 0 Å². The second-order valence-electron chi connectivity index (χ2n) is 2.79. The van der Waals surface area contributed by atoms with Crippen LogP contribution in [0.2, 0.25) is 0 Å². The van der Waals surface area contributed by atoms with Gasteiger partial charge in [-0.15, -0.1) is 0 Å². The van der Waals surface area contributed by atoms with E-state index in [1.165, 1.54) is 0 Å². The van der Waals surface area contributed by atoms with Gasteiger partial charge >= 0.3 is 0 Å². The summed E-state index contributed by atoms with van der Waals surface area (Å²) >= 11 is 0. The SMILES string of the molecule is Cc1nc2oc(C)c(C)c2[nH]1. The third-order valence-electron chi connectivity index (χ3n) is 1.94. The Morgan fingerprint density at radius 2 is 2.00 bits per heavy atom. The zero-order valence-electron chi connectivity index (χ0n) is 6.86. The number of nitrogens with one attached hydrogen (secondary N) is 1. The van der Waals surface area contributed by atoms with E-state index < -0.39 is 0 Å². The van der Waals surface area contributed by atoms with Crippen LogP contribution in [0.25, 0.3) is 11.2 Å². The topological polar surface area (TPSA) is 41.8 Å². The van der Waals surface area contributed by atoms with E-state index in [-0.39, 0.29) is 0 Å². The first kappa shape index (κ1) is 6.46. The summed E-state index contributed by atoms with van der Waals surface area (Å²) in [6.45, 7) is 5.89. The molecule has 2 aromatic rings. The standard InChI is InChI=1S/C8H10N2O/c1-4-5(2)11-8-7(4)9-6(3)10-8/h1-3H3,(H,9,10). The number of nitrogens with zero attached hydrogens (tertiary/aromatic N) is 1. The monoisotopic (exact) mass is 150 g/mol. The van der Waals surface area contributed by atoms with Crippen LogP contribution >= 0.6 is 0 Å². The summed E-state index contributed by atoms with van der Waals surface area (Å²) in [5, 5.41) is 0. The maximum Gasteiger partial charge on any atom is 0.245 e. The van der Waals surface area contributed by atoms with E-state index >= 15 is 0 Å². The highest BCUT2D eigenvalue weighted by Crippen LogP contribution is 2.21. The Morgan fingerprint density at radius 3 is 2.64 bits per heavy atom. The van der Waals surface area contributed by atoms with Gasteiger partial charge in [-0.2, -0.15) is 4.98 Å². The maximum atomic E-state index is 5.38. The van der Waals surface area contributed by atoms with Crippen molar-refractivity contribution >= 4 is 11.2 Å². The Hall–Kier alpha value is -1.25. The molecule has 0 atom stereocenters. The fourth-order valence-corrected chi connectivity index (χ4v) is 1.20. The van der Waals surface area contributed by atoms with E-state index in [1.807, 2.05) is 20.8 Å². The fourth-order valence-electron chi connectivity index (χ4n) is 1.20. The van der Waals surface area contributed by atoms with Gasteiger partial charge in [0.15, 0.2) is 0 Å². The maximum absolute atomic E-state index is 5.38. The van der Waals surface area contributed by atoms with Gasteiger partial charge in [-0.05, 0) is 20.8 Å². The molecule has 0 aromatic carbocycles. The molecule has 0 unspecified atom stereocenters. The first-order valence-electron chi connectivity index (χ1n) is 3.61. The van der Waals surface area contributed by atoms with E-state index in [0.29, 0.717) is 0 Å². The molecule has 58 valence electrons. The number of fused-ring (bicyclic) bond motifs is 1. The molecule has 0 aliphatic heterocycles. The predicted molar refractivity (Wildman–Crippen MR) is 42.6 cm³/mol. The number of H-pyrrole nitrogens is 1. The summed E-state index contributed by atoms with van der Waals surface area (Å²) in [6, 6.07) is 0. The van der Waals surface area contributed by atoms with Gasteiger partial charge in [0.1, 0.15) is 17.1 Å². The smallest absolute Gasteiger partial charge is 0.245 e. The summed E-state index contributed by atoms with van der Waals surface area (Å²) in [6.07, 6.45) is 0. The van der Waals surface area contributed by atoms with Crippen LogP contribution < -0.4 is 0 Å². The Kier molecular flexibility index (Phi) is 1.10. The Bertz CT molecular complexity index is 397. The Labute approximate surface area is 64.4 Å². The molecule has 0 saturated heterocycles. The molecule has 0 aliphatic carbocycles. The van der Waals surface area contributed by atoms with Gasteiger partial charge in [-0.3, -0.25) is 0 Å². The minimum absolute atomic E-state index is 0.720. The molecule has 11 heavy (non-hydrogen) atoms. The zero-order valence-corrected chi connectivity index (χ0v) is 6.86. The molecule has 0 bridgehead atoms. The highest BCUT2D eigenvalue weighted by Gasteiger charge is 2.09. The first-order valence-corrected chi connectivity index (χ1v) is 3.61. The second kappa shape index (κ2) is 1.87. The largest absolute Gasteiger partial charge is 0.442 e. The lowest BCUT2D eigenvalue weighted by atomic mass is 10.3. The first-order chi connectivity index (χ1) is 5.18. The van der Waals surface area contributed by atoms with Gasteiger partial charge in [0.05, 0.1) is 0 Å². The summed E-state index contributed by atoms with van der Waals surface area (Å²) in [5.41, 5.74) is 2.90. The average molecular weight is 150 g/mol. The van der Waals surface area contributed by atoms with Gasteiger partial charge in [0.25, 0.3) is 0 Å². The van der Waals surface area contributed by atoms with Crippen molar-refractivity contribution in [3.63, 3.8) is 0 Å². The van der Waals surface area contributed by atoms with Crippen molar-refractivity contribution < 1.29 is 4.42 Å². The lowest BCUT2D eigenvalue weighted by molar-refractivity contribution is 0.564. The highest BCUT2D eigenvalue weighted by molar-refractivity contribution is 5.74. The van der Waals surface area contributed by atoms with Crippen LogP contribution in [0.1, 0.15) is 17.1 Å². The molecule has 0 spiro atoms. The van der Waals surface area contributed by atoms with Crippen LogP contribution in [0.4, 0.5) is 0 Å². The zero-order chi connectivity index (χ0) is 8.01. The summed E-state index contributed by atoms with van der Waals surface area (Å²) in [4.78, 5) is 7.32. The van der Waals surface area contributed by atoms with Crippen molar-refractivity contribution in [2.75, 3.05) is 0 Å². The quantitative estimate of drug-likeness (QED) is 0.624. The van der Waals surface area contributed by atoms with Crippen molar-refractivity contribution in [1.82, 2.24) is 9.97 Å². The number of hydrogen-bond donors (Lipinski definition) is 1. The summed E-state index contributed by atoms with van der Waals surface area (Å²) in [7, 11) is 0. The van der Waals surface area contributed by atoms with Crippen LogP contribution in [0.15, 0.2) is 4.42 Å². The number of hydrogen-bond acceptors (Lipinski definition) is 2. The molecule has 2 rings (SSSR count). The molecular weight excluding hydrogens is 140 g/mol. The molecule has 2 aromatic heterocycles. The van der Waals surface area contributed by atoms with Crippen molar-refractivity contribution in [1.29, 1.82) is 0 Å². The predicted octanol–water partition coefficient (Wildman–Crippen LogP) is 2.08. The molecule has 0 aliphatic rings. The van der Waals surface area contributed by atoms with Crippen LogP contribution in [-0.2, 0) is 0 Å². The molecule has 0 amide bonds. The van der Waals surface area contributed by atoms with E-state index in [1.54, 1.807) is 0 Å². The molecule has 3 nitrogen and oxygen atoms in total. The van der Waals surface area contributed by atoms with Crippen molar-refractivity contribution in [2.24, 2.45) is 0 Å². The number of rotatable bonds is 0. The lowest BCUT2D eigenvalue weighted by Gasteiger charge is -1.84.